The monoisotopic (exact) mass is 302 g/mol. The number of rotatable bonds is 4. The van der Waals surface area contributed by atoms with E-state index in [0.29, 0.717) is 6.54 Å². The van der Waals surface area contributed by atoms with Gasteiger partial charge in [0.2, 0.25) is 5.91 Å². The van der Waals surface area contributed by atoms with Crippen LogP contribution in [0.25, 0.3) is 0 Å². The summed E-state index contributed by atoms with van der Waals surface area (Å²) in [7, 11) is 0. The Morgan fingerprint density at radius 3 is 2.53 bits per heavy atom. The molecule has 0 saturated carbocycles. The highest BCUT2D eigenvalue weighted by Crippen LogP contribution is 2.12. The molecule has 5 heteroatoms. The van der Waals surface area contributed by atoms with Crippen molar-refractivity contribution in [2.45, 2.75) is 19.3 Å². The summed E-state index contributed by atoms with van der Waals surface area (Å²) in [4.78, 5) is 11.9. The number of halogens is 2. The zero-order chi connectivity index (χ0) is 12.8. The normalized spacial score (nSPS) is 15.6. The Labute approximate surface area is 125 Å². The van der Waals surface area contributed by atoms with Crippen LogP contribution in [0, 0.1) is 5.92 Å². The number of piperidine rings is 1. The van der Waals surface area contributed by atoms with Gasteiger partial charge in [-0.05, 0) is 50.0 Å². The average Bonchev–Trinajstić information content (AvgIpc) is 2.42. The molecule has 2 rings (SSSR count). The quantitative estimate of drug-likeness (QED) is 0.897. The lowest BCUT2D eigenvalue weighted by atomic mass is 9.97. The van der Waals surface area contributed by atoms with Crippen molar-refractivity contribution in [3.8, 4) is 0 Å². The lowest BCUT2D eigenvalue weighted by molar-refractivity contribution is -0.125. The van der Waals surface area contributed by atoms with Gasteiger partial charge in [0, 0.05) is 17.5 Å². The SMILES string of the molecule is Cl.O=C(NCCc1ccc(Cl)cc1)C1CCNCC1. The van der Waals surface area contributed by atoms with Crippen LogP contribution in [0.2, 0.25) is 5.02 Å². The second-order valence-electron chi connectivity index (χ2n) is 4.69. The molecule has 1 aliphatic heterocycles. The van der Waals surface area contributed by atoms with E-state index < -0.39 is 0 Å². The van der Waals surface area contributed by atoms with Crippen molar-refractivity contribution in [3.63, 3.8) is 0 Å². The molecule has 0 atom stereocenters. The van der Waals surface area contributed by atoms with Crippen molar-refractivity contribution in [2.24, 2.45) is 5.92 Å². The number of hydrogen-bond donors (Lipinski definition) is 2. The van der Waals surface area contributed by atoms with E-state index in [1.807, 2.05) is 24.3 Å². The van der Waals surface area contributed by atoms with Crippen LogP contribution >= 0.6 is 24.0 Å². The summed E-state index contributed by atoms with van der Waals surface area (Å²) in [6.45, 7) is 2.61. The van der Waals surface area contributed by atoms with Gasteiger partial charge in [-0.15, -0.1) is 12.4 Å². The van der Waals surface area contributed by atoms with E-state index in [1.165, 1.54) is 5.56 Å². The van der Waals surface area contributed by atoms with Crippen LogP contribution in [-0.2, 0) is 11.2 Å². The van der Waals surface area contributed by atoms with Crippen LogP contribution < -0.4 is 10.6 Å². The highest BCUT2D eigenvalue weighted by atomic mass is 35.5. The Hall–Kier alpha value is -0.770. The predicted molar refractivity (Wildman–Crippen MR) is 81.0 cm³/mol. The fraction of sp³-hybridized carbons (Fsp3) is 0.500. The zero-order valence-electron chi connectivity index (χ0n) is 10.8. The number of nitrogens with one attached hydrogen (secondary N) is 2. The maximum Gasteiger partial charge on any atom is 0.223 e. The van der Waals surface area contributed by atoms with Gasteiger partial charge in [-0.2, -0.15) is 0 Å². The Morgan fingerprint density at radius 1 is 1.26 bits per heavy atom. The van der Waals surface area contributed by atoms with Gasteiger partial charge in [0.1, 0.15) is 0 Å². The topological polar surface area (TPSA) is 41.1 Å². The lowest BCUT2D eigenvalue weighted by Crippen LogP contribution is -2.38. The van der Waals surface area contributed by atoms with Crippen molar-refractivity contribution in [2.75, 3.05) is 19.6 Å². The number of hydrogen-bond acceptors (Lipinski definition) is 2. The van der Waals surface area contributed by atoms with Gasteiger partial charge >= 0.3 is 0 Å². The third-order valence-electron chi connectivity index (χ3n) is 3.34. The molecule has 1 aliphatic rings. The summed E-state index contributed by atoms with van der Waals surface area (Å²) in [5, 5.41) is 7.03. The van der Waals surface area contributed by atoms with E-state index in [9.17, 15) is 4.79 Å². The van der Waals surface area contributed by atoms with Crippen LogP contribution in [0.15, 0.2) is 24.3 Å². The Kier molecular flexibility index (Phi) is 7.21. The van der Waals surface area contributed by atoms with Crippen LogP contribution in [0.5, 0.6) is 0 Å². The van der Waals surface area contributed by atoms with Crippen LogP contribution in [0.4, 0.5) is 0 Å². The Bertz CT molecular complexity index is 389. The fourth-order valence-electron chi connectivity index (χ4n) is 2.21. The molecule has 3 nitrogen and oxygen atoms in total. The fourth-order valence-corrected chi connectivity index (χ4v) is 2.34. The molecule has 0 aromatic heterocycles. The lowest BCUT2D eigenvalue weighted by Gasteiger charge is -2.21. The molecular weight excluding hydrogens is 283 g/mol. The molecule has 1 saturated heterocycles. The summed E-state index contributed by atoms with van der Waals surface area (Å²) in [5.41, 5.74) is 1.20. The van der Waals surface area contributed by atoms with E-state index in [2.05, 4.69) is 10.6 Å². The van der Waals surface area contributed by atoms with Crippen molar-refractivity contribution >= 4 is 29.9 Å². The van der Waals surface area contributed by atoms with Crippen LogP contribution in [0.3, 0.4) is 0 Å². The van der Waals surface area contributed by atoms with Gasteiger partial charge < -0.3 is 10.6 Å². The summed E-state index contributed by atoms with van der Waals surface area (Å²) >= 11 is 5.82. The van der Waals surface area contributed by atoms with Crippen molar-refractivity contribution in [1.82, 2.24) is 10.6 Å². The van der Waals surface area contributed by atoms with E-state index >= 15 is 0 Å². The first-order valence-electron chi connectivity index (χ1n) is 6.48. The van der Waals surface area contributed by atoms with Crippen molar-refractivity contribution in [1.29, 1.82) is 0 Å². The first-order valence-corrected chi connectivity index (χ1v) is 6.86. The van der Waals surface area contributed by atoms with E-state index in [1.54, 1.807) is 0 Å². The third kappa shape index (κ3) is 5.39. The number of amides is 1. The zero-order valence-corrected chi connectivity index (χ0v) is 12.4. The molecule has 0 radical (unpaired) electrons. The van der Waals surface area contributed by atoms with E-state index in [0.717, 1.165) is 37.4 Å². The maximum absolute atomic E-state index is 11.9. The van der Waals surface area contributed by atoms with Gasteiger partial charge in [0.15, 0.2) is 0 Å². The number of carbonyl (C=O) groups is 1. The molecule has 1 aromatic rings. The predicted octanol–water partition coefficient (Wildman–Crippen LogP) is 2.42. The van der Waals surface area contributed by atoms with Crippen molar-refractivity contribution in [3.05, 3.63) is 34.9 Å². The Balaban J connectivity index is 0.00000180. The smallest absolute Gasteiger partial charge is 0.223 e. The van der Waals surface area contributed by atoms with Gasteiger partial charge in [-0.25, -0.2) is 0 Å². The standard InChI is InChI=1S/C14H19ClN2O.ClH/c15-13-3-1-11(2-4-13)5-10-17-14(18)12-6-8-16-9-7-12;/h1-4,12,16H,5-10H2,(H,17,18);1H. The van der Waals surface area contributed by atoms with Gasteiger partial charge in [0.05, 0.1) is 0 Å². The molecule has 2 N–H and O–H groups in total. The molecule has 1 amide bonds. The molecular formula is C14H20Cl2N2O. The second-order valence-corrected chi connectivity index (χ2v) is 5.13. The molecule has 1 aromatic carbocycles. The first kappa shape index (κ1) is 16.3. The number of benzene rings is 1. The third-order valence-corrected chi connectivity index (χ3v) is 3.59. The molecule has 0 bridgehead atoms. The minimum absolute atomic E-state index is 0. The second kappa shape index (κ2) is 8.41. The minimum atomic E-state index is 0. The molecule has 1 fully saturated rings. The number of carbonyl (C=O) groups excluding carboxylic acids is 1. The molecule has 19 heavy (non-hydrogen) atoms. The summed E-state index contributed by atoms with van der Waals surface area (Å²) in [5.74, 6) is 0.391. The maximum atomic E-state index is 11.9. The van der Waals surface area contributed by atoms with Crippen LogP contribution in [-0.4, -0.2) is 25.5 Å². The largest absolute Gasteiger partial charge is 0.356 e. The molecule has 0 spiro atoms. The Morgan fingerprint density at radius 2 is 1.89 bits per heavy atom. The average molecular weight is 303 g/mol. The highest BCUT2D eigenvalue weighted by Gasteiger charge is 2.19. The molecule has 0 unspecified atom stereocenters. The summed E-state index contributed by atoms with van der Waals surface area (Å²) in [6.07, 6.45) is 2.76. The van der Waals surface area contributed by atoms with Gasteiger partial charge in [-0.1, -0.05) is 23.7 Å². The van der Waals surface area contributed by atoms with E-state index in [4.69, 9.17) is 11.6 Å². The first-order chi connectivity index (χ1) is 8.75. The summed E-state index contributed by atoms with van der Waals surface area (Å²) in [6, 6.07) is 7.76. The van der Waals surface area contributed by atoms with Gasteiger partial charge in [-0.3, -0.25) is 4.79 Å². The molecule has 1 heterocycles. The highest BCUT2D eigenvalue weighted by molar-refractivity contribution is 6.30. The van der Waals surface area contributed by atoms with E-state index in [-0.39, 0.29) is 24.2 Å². The minimum Gasteiger partial charge on any atom is -0.356 e. The molecule has 0 aliphatic carbocycles. The van der Waals surface area contributed by atoms with Crippen LogP contribution in [0.1, 0.15) is 18.4 Å². The van der Waals surface area contributed by atoms with Crippen molar-refractivity contribution < 1.29 is 4.79 Å². The van der Waals surface area contributed by atoms with Gasteiger partial charge in [0.25, 0.3) is 0 Å². The summed E-state index contributed by atoms with van der Waals surface area (Å²) < 4.78 is 0. The molecule has 106 valence electrons.